The number of fused-ring (bicyclic) bond motifs is 2. The van der Waals surface area contributed by atoms with Crippen molar-refractivity contribution >= 4 is 100 Å². The van der Waals surface area contributed by atoms with E-state index >= 15 is 0 Å². The number of imidazole rings is 2. The van der Waals surface area contributed by atoms with Crippen molar-refractivity contribution in [3.05, 3.63) is 120 Å². The molecule has 2 aliphatic rings. The predicted molar refractivity (Wildman–Crippen MR) is 283 cm³/mol. The number of aromatic nitrogens is 6. The lowest BCUT2D eigenvalue weighted by Crippen LogP contribution is -2.52. The minimum Gasteiger partial charge on any atom is -0.496 e. The number of hydrogen-bond acceptors (Lipinski definition) is 13. The number of carbonyl (C=O) groups is 4. The van der Waals surface area contributed by atoms with Crippen LogP contribution >= 0.6 is 54.5 Å². The van der Waals surface area contributed by atoms with Crippen LogP contribution in [-0.2, 0) is 4.79 Å². The zero-order valence-corrected chi connectivity index (χ0v) is 44.2. The Bertz CT molecular complexity index is 3460. The summed E-state index contributed by atoms with van der Waals surface area (Å²) in [7, 11) is 5.12. The Labute approximate surface area is 438 Å². The molecule has 21 heteroatoms. The highest BCUT2D eigenvalue weighted by atomic mass is 79.9. The lowest BCUT2D eigenvalue weighted by atomic mass is 9.98. The van der Waals surface area contributed by atoms with E-state index in [0.717, 1.165) is 9.30 Å². The molecule has 6 aromatic heterocycles. The number of methoxy groups -OCH3 is 1. The van der Waals surface area contributed by atoms with E-state index in [1.54, 1.807) is 48.6 Å². The van der Waals surface area contributed by atoms with Crippen LogP contribution in [-0.4, -0.2) is 122 Å². The van der Waals surface area contributed by atoms with Gasteiger partial charge < -0.3 is 39.6 Å². The van der Waals surface area contributed by atoms with Gasteiger partial charge in [-0.05, 0) is 112 Å². The largest absolute Gasteiger partial charge is 0.496 e. The number of rotatable bonds is 11. The number of likely N-dealkylation sites (N-methyl/N-ethyl adjacent to an activating group) is 1. The molecule has 10 rings (SSSR count). The quantitative estimate of drug-likeness (QED) is 0.112. The second kappa shape index (κ2) is 20.4. The molecule has 8 heterocycles. The van der Waals surface area contributed by atoms with Crippen molar-refractivity contribution in [3.8, 4) is 46.0 Å². The Hall–Kier alpha value is -6.83. The van der Waals surface area contributed by atoms with Gasteiger partial charge in [-0.25, -0.2) is 9.97 Å². The summed E-state index contributed by atoms with van der Waals surface area (Å²) in [5, 5.41) is 19.7. The molecular weight excluding hydrogens is 1080 g/mol. The highest BCUT2D eigenvalue weighted by molar-refractivity contribution is 9.11. The van der Waals surface area contributed by atoms with Crippen LogP contribution in [0, 0.1) is 11.3 Å². The molecule has 4 unspecified atom stereocenters. The third-order valence-corrected chi connectivity index (χ3v) is 16.5. The normalized spacial score (nSPS) is 18.2. The summed E-state index contributed by atoms with van der Waals surface area (Å²) in [5.41, 5.74) is 5.91. The van der Waals surface area contributed by atoms with Crippen LogP contribution in [0.3, 0.4) is 0 Å². The third-order valence-electron chi connectivity index (χ3n) is 13.1. The number of halogens is 2. The Balaban J connectivity index is 0.986. The zero-order valence-electron chi connectivity index (χ0n) is 39.4. The first-order chi connectivity index (χ1) is 34.8. The number of hydrogen-bond donors (Lipinski definition) is 3. The molecule has 366 valence electrons. The topological polar surface area (TPSA) is 205 Å². The number of nitrogens with zero attached hydrogens (tertiary/aromatic N) is 9. The molecule has 0 saturated carbocycles. The van der Waals surface area contributed by atoms with Crippen LogP contribution in [0.15, 0.2) is 98.8 Å². The van der Waals surface area contributed by atoms with Gasteiger partial charge in [-0.3, -0.25) is 29.1 Å². The molecule has 17 nitrogen and oxygen atoms in total. The molecular formula is C51H46Br2N12O5S2. The summed E-state index contributed by atoms with van der Waals surface area (Å²) in [6, 6.07) is 24.9. The van der Waals surface area contributed by atoms with E-state index in [-0.39, 0.29) is 41.8 Å². The average molecular weight is 1130 g/mol. The number of nitrogens with one attached hydrogen (secondary N) is 3. The van der Waals surface area contributed by atoms with Gasteiger partial charge in [-0.2, -0.15) is 5.26 Å². The van der Waals surface area contributed by atoms with Gasteiger partial charge in [0, 0.05) is 81.8 Å². The molecule has 2 saturated heterocycles. The number of thiophene rings is 2. The van der Waals surface area contributed by atoms with E-state index in [9.17, 15) is 24.4 Å². The van der Waals surface area contributed by atoms with Crippen molar-refractivity contribution in [2.45, 2.75) is 43.9 Å². The molecule has 2 aromatic carbocycles. The predicted octanol–water partition coefficient (Wildman–Crippen LogP) is 8.33. The van der Waals surface area contributed by atoms with Crippen molar-refractivity contribution in [1.82, 2.24) is 54.8 Å². The Morgan fingerprint density at radius 2 is 1.42 bits per heavy atom. The Morgan fingerprint density at radius 1 is 0.750 bits per heavy atom. The van der Waals surface area contributed by atoms with E-state index < -0.39 is 6.04 Å². The van der Waals surface area contributed by atoms with E-state index in [2.05, 4.69) is 68.3 Å². The highest BCUT2D eigenvalue weighted by Gasteiger charge is 2.36. The molecule has 2 aliphatic heterocycles. The molecule has 2 fully saturated rings. The second-order valence-corrected chi connectivity index (χ2v) is 22.7. The molecule has 0 spiro atoms. The van der Waals surface area contributed by atoms with Crippen molar-refractivity contribution in [3.63, 3.8) is 0 Å². The first-order valence-corrected chi connectivity index (χ1v) is 26.2. The maximum absolute atomic E-state index is 14.5. The second-order valence-electron chi connectivity index (χ2n) is 17.8. The van der Waals surface area contributed by atoms with E-state index in [0.29, 0.717) is 120 Å². The lowest BCUT2D eigenvalue weighted by Gasteiger charge is -2.39. The van der Waals surface area contributed by atoms with E-state index in [4.69, 9.17) is 19.7 Å². The highest BCUT2D eigenvalue weighted by Crippen LogP contribution is 2.43. The van der Waals surface area contributed by atoms with Crippen LogP contribution in [0.5, 0.6) is 5.75 Å². The molecule has 0 bridgehead atoms. The molecule has 4 atom stereocenters. The smallest absolute Gasteiger partial charge is 0.261 e. The molecule has 0 aliphatic carbocycles. The number of benzene rings is 2. The molecule has 0 radical (unpaired) electrons. The van der Waals surface area contributed by atoms with Gasteiger partial charge in [0.25, 0.3) is 17.7 Å². The number of piperidine rings is 2. The van der Waals surface area contributed by atoms with Crippen LogP contribution in [0.25, 0.3) is 56.2 Å². The van der Waals surface area contributed by atoms with Crippen LogP contribution < -0.4 is 20.7 Å². The van der Waals surface area contributed by atoms with Crippen molar-refractivity contribution in [2.24, 2.45) is 0 Å². The summed E-state index contributed by atoms with van der Waals surface area (Å²) in [6.07, 6.45) is 4.45. The first kappa shape index (κ1) is 48.8. The third kappa shape index (κ3) is 9.52. The lowest BCUT2D eigenvalue weighted by molar-refractivity contribution is -0.130. The summed E-state index contributed by atoms with van der Waals surface area (Å²) in [6.45, 7) is 3.43. The fourth-order valence-corrected chi connectivity index (χ4v) is 12.9. The number of likely N-dealkylation sites (tertiary alicyclic amines) is 2. The zero-order chi connectivity index (χ0) is 50.4. The van der Waals surface area contributed by atoms with Gasteiger partial charge in [0.2, 0.25) is 5.91 Å². The van der Waals surface area contributed by atoms with Gasteiger partial charge in [-0.15, -0.1) is 22.7 Å². The van der Waals surface area contributed by atoms with Gasteiger partial charge >= 0.3 is 0 Å². The summed E-state index contributed by atoms with van der Waals surface area (Å²) in [5.74, 6) is 0.663. The average Bonchev–Trinajstić information content (AvgIpc) is 4.19. The number of ether oxygens (including phenoxy) is 1. The van der Waals surface area contributed by atoms with E-state index in [1.807, 2.05) is 66.2 Å². The maximum atomic E-state index is 14.5. The van der Waals surface area contributed by atoms with Crippen molar-refractivity contribution in [1.29, 1.82) is 5.26 Å². The summed E-state index contributed by atoms with van der Waals surface area (Å²) < 4.78 is 11.4. The van der Waals surface area contributed by atoms with Crippen molar-refractivity contribution < 1.29 is 23.9 Å². The monoisotopic (exact) mass is 1130 g/mol. The molecule has 8 aromatic rings. The van der Waals surface area contributed by atoms with Gasteiger partial charge in [0.15, 0.2) is 11.6 Å². The minimum atomic E-state index is -0.394. The van der Waals surface area contributed by atoms with Gasteiger partial charge in [-0.1, -0.05) is 12.1 Å². The van der Waals surface area contributed by atoms with Crippen LogP contribution in [0.1, 0.15) is 67.1 Å². The Kier molecular flexibility index (Phi) is 13.8. The summed E-state index contributed by atoms with van der Waals surface area (Å²) >= 11 is 9.86. The Morgan fingerprint density at radius 3 is 2.04 bits per heavy atom. The number of nitriles is 1. The first-order valence-electron chi connectivity index (χ1n) is 23.0. The molecule has 3 N–H and O–H groups in total. The molecule has 4 amide bonds. The maximum Gasteiger partial charge on any atom is 0.261 e. The number of carbonyl (C=O) groups excluding carboxylic acids is 4. The minimum absolute atomic E-state index is 0.133. The van der Waals surface area contributed by atoms with Gasteiger partial charge in [0.1, 0.15) is 17.1 Å². The van der Waals surface area contributed by atoms with Crippen molar-refractivity contribution in [2.75, 3.05) is 47.4 Å². The molecule has 72 heavy (non-hydrogen) atoms. The van der Waals surface area contributed by atoms with Crippen LogP contribution in [0.4, 0.5) is 0 Å². The fourth-order valence-electron chi connectivity index (χ4n) is 9.97. The number of pyridine rings is 2. The number of amides is 4. The fraction of sp³-hybridized carbons (Fsp3) is 0.275. The standard InChI is InChI=1S/C51H46Br2N12O5S2/c1-27(66)63-24-30(59-50(68)42-11-12-44(52)71-42)18-32(26-63)65-40-16-28(22-54)15-33(45(40)61-48(65)37-10-6-8-14-57-37)34-20-43(72-46(34)53)51(69)58-29-17-31(25-62(3)23-29)64-39-21-41(70-4)35(49(67)55-2)19-38(39)60-47(64)36-9-5-7-13-56-36/h5-16,19-21,29-32H,17-18,23-26H2,1-4H3,(H,55,67)(H,58,69)(H,59,68). The SMILES string of the molecule is CNC(=O)c1cc2nc(-c3ccccn3)n(C3CC(NC(=O)c4cc(-c5cc(C#N)cc6c5nc(-c5ccccn5)n6C5CC(NC(=O)c6ccc(Br)s6)CN(C(C)=O)C5)c(Br)s4)CN(C)C3)c2cc1OC. The van der Waals surface area contributed by atoms with E-state index in [1.165, 1.54) is 36.7 Å². The van der Waals surface area contributed by atoms with Gasteiger partial charge in [0.05, 0.1) is 75.8 Å². The van der Waals surface area contributed by atoms with Crippen LogP contribution in [0.2, 0.25) is 0 Å². The summed E-state index contributed by atoms with van der Waals surface area (Å²) in [4.78, 5) is 78.5.